The fraction of sp³-hybridized carbons (Fsp3) is 0.909. The molecule has 1 unspecified atom stereocenters. The molecule has 0 fully saturated rings. The lowest BCUT2D eigenvalue weighted by atomic mass is 9.99. The van der Waals surface area contributed by atoms with E-state index in [1.165, 1.54) is 7.11 Å². The van der Waals surface area contributed by atoms with Gasteiger partial charge in [-0.15, -0.1) is 0 Å². The molecule has 0 aliphatic rings. The van der Waals surface area contributed by atoms with Crippen molar-refractivity contribution in [3.8, 4) is 0 Å². The average molecular weight is 218 g/mol. The first-order valence-corrected chi connectivity index (χ1v) is 5.16. The van der Waals surface area contributed by atoms with Gasteiger partial charge in [0.1, 0.15) is 5.60 Å². The number of ether oxygens (including phenoxy) is 1. The van der Waals surface area contributed by atoms with E-state index in [0.717, 1.165) is 0 Å². The second-order valence-corrected chi connectivity index (χ2v) is 4.84. The molecule has 0 saturated carbocycles. The van der Waals surface area contributed by atoms with Crippen molar-refractivity contribution in [1.82, 2.24) is 0 Å². The summed E-state index contributed by atoms with van der Waals surface area (Å²) in [6.45, 7) is 9.44. The van der Waals surface area contributed by atoms with Crippen LogP contribution in [0.25, 0.3) is 0 Å². The van der Waals surface area contributed by atoms with Crippen LogP contribution in [0.1, 0.15) is 47.5 Å². The maximum absolute atomic E-state index is 11.2. The molecule has 0 aromatic rings. The molecule has 1 atom stereocenters. The topological polar surface area (TPSA) is 44.8 Å². The lowest BCUT2D eigenvalue weighted by Crippen LogP contribution is -2.35. The smallest absolute Gasteiger partial charge is 0.308 e. The highest BCUT2D eigenvalue weighted by atomic mass is 17.2. The third-order valence-electron chi connectivity index (χ3n) is 1.99. The van der Waals surface area contributed by atoms with Gasteiger partial charge in [0.15, 0.2) is 0 Å². The Bertz CT molecular complexity index is 207. The van der Waals surface area contributed by atoms with E-state index in [2.05, 4.69) is 4.74 Å². The molecule has 0 aromatic heterocycles. The summed E-state index contributed by atoms with van der Waals surface area (Å²) in [5.41, 5.74) is -1.01. The predicted molar refractivity (Wildman–Crippen MR) is 57.3 cm³/mol. The van der Waals surface area contributed by atoms with Crippen molar-refractivity contribution >= 4 is 5.97 Å². The van der Waals surface area contributed by atoms with E-state index in [9.17, 15) is 4.79 Å². The molecule has 0 spiro atoms. The number of hydrogen-bond acceptors (Lipinski definition) is 4. The van der Waals surface area contributed by atoms with Gasteiger partial charge < -0.3 is 4.74 Å². The van der Waals surface area contributed by atoms with Crippen molar-refractivity contribution in [3.05, 3.63) is 0 Å². The highest BCUT2D eigenvalue weighted by Gasteiger charge is 2.30. The van der Waals surface area contributed by atoms with Gasteiger partial charge in [-0.2, -0.15) is 0 Å². The second-order valence-electron chi connectivity index (χ2n) is 4.84. The van der Waals surface area contributed by atoms with Crippen LogP contribution in [-0.2, 0) is 19.3 Å². The van der Waals surface area contributed by atoms with E-state index >= 15 is 0 Å². The number of methoxy groups -OCH3 is 1. The van der Waals surface area contributed by atoms with Crippen LogP contribution in [-0.4, -0.2) is 24.3 Å². The van der Waals surface area contributed by atoms with Crippen molar-refractivity contribution in [3.63, 3.8) is 0 Å². The summed E-state index contributed by atoms with van der Waals surface area (Å²) in [5, 5.41) is 0. The first-order chi connectivity index (χ1) is 6.72. The molecule has 15 heavy (non-hydrogen) atoms. The van der Waals surface area contributed by atoms with Crippen molar-refractivity contribution in [2.75, 3.05) is 7.11 Å². The lowest BCUT2D eigenvalue weighted by Gasteiger charge is -2.29. The summed E-state index contributed by atoms with van der Waals surface area (Å²) in [6.07, 6.45) is 0.869. The maximum Gasteiger partial charge on any atom is 0.308 e. The van der Waals surface area contributed by atoms with E-state index in [1.54, 1.807) is 0 Å². The minimum absolute atomic E-state index is 0.191. The van der Waals surface area contributed by atoms with Crippen LogP contribution in [0, 0.1) is 0 Å². The van der Waals surface area contributed by atoms with Gasteiger partial charge in [-0.25, -0.2) is 9.78 Å². The van der Waals surface area contributed by atoms with Gasteiger partial charge in [0.2, 0.25) is 0 Å². The zero-order chi connectivity index (χ0) is 12.1. The van der Waals surface area contributed by atoms with Gasteiger partial charge in [0.25, 0.3) is 0 Å². The number of rotatable bonds is 5. The molecule has 0 bridgehead atoms. The highest BCUT2D eigenvalue weighted by molar-refractivity contribution is 5.70. The molecule has 0 aromatic carbocycles. The monoisotopic (exact) mass is 218 g/mol. The Hall–Kier alpha value is -0.610. The van der Waals surface area contributed by atoms with Crippen LogP contribution >= 0.6 is 0 Å². The highest BCUT2D eigenvalue weighted by Crippen LogP contribution is 2.23. The fourth-order valence-electron chi connectivity index (χ4n) is 0.816. The van der Waals surface area contributed by atoms with Gasteiger partial charge in [-0.05, 0) is 34.1 Å². The molecular weight excluding hydrogens is 196 g/mol. The summed E-state index contributed by atoms with van der Waals surface area (Å²) in [4.78, 5) is 21.7. The van der Waals surface area contributed by atoms with E-state index in [0.29, 0.717) is 6.42 Å². The molecule has 0 rings (SSSR count). The first-order valence-electron chi connectivity index (χ1n) is 5.16. The van der Waals surface area contributed by atoms with Gasteiger partial charge in [0.05, 0.1) is 19.1 Å². The Morgan fingerprint density at radius 2 is 1.67 bits per heavy atom. The maximum atomic E-state index is 11.2. The number of esters is 1. The predicted octanol–water partition coefficient (Wildman–Crippen LogP) is 2.46. The number of hydrogen-bond donors (Lipinski definition) is 0. The second kappa shape index (κ2) is 5.47. The van der Waals surface area contributed by atoms with Gasteiger partial charge in [-0.3, -0.25) is 4.79 Å². The summed E-state index contributed by atoms with van der Waals surface area (Å²) in [5.74, 6) is -0.295. The average Bonchev–Trinajstić information content (AvgIpc) is 2.14. The number of carbonyl (C=O) groups is 1. The molecule has 0 radical (unpaired) electrons. The molecule has 0 aliphatic heterocycles. The van der Waals surface area contributed by atoms with Crippen molar-refractivity contribution in [1.29, 1.82) is 0 Å². The van der Waals surface area contributed by atoms with E-state index in [-0.39, 0.29) is 18.0 Å². The minimum atomic E-state index is -0.625. The molecule has 0 aliphatic carbocycles. The zero-order valence-electron chi connectivity index (χ0n) is 10.5. The molecular formula is C11H22O4. The standard InChI is InChI=1S/C11H22O4/c1-7-11(5,8-9(12)13-6)15-14-10(2,3)4/h7-8H2,1-6H3. The third kappa shape index (κ3) is 6.47. The summed E-state index contributed by atoms with van der Waals surface area (Å²) < 4.78 is 4.61. The molecule has 0 heterocycles. The van der Waals surface area contributed by atoms with E-state index in [4.69, 9.17) is 9.78 Å². The summed E-state index contributed by atoms with van der Waals surface area (Å²) >= 11 is 0. The van der Waals surface area contributed by atoms with Crippen molar-refractivity contribution in [2.45, 2.75) is 58.7 Å². The lowest BCUT2D eigenvalue weighted by molar-refractivity contribution is -0.401. The van der Waals surface area contributed by atoms with Crippen molar-refractivity contribution in [2.24, 2.45) is 0 Å². The Morgan fingerprint density at radius 3 is 2.00 bits per heavy atom. The SMILES string of the molecule is CCC(C)(CC(=O)OC)OOC(C)(C)C. The quantitative estimate of drug-likeness (QED) is 0.404. The summed E-state index contributed by atoms with van der Waals surface area (Å²) in [7, 11) is 1.36. The van der Waals surface area contributed by atoms with Gasteiger partial charge in [0, 0.05) is 0 Å². The normalized spacial score (nSPS) is 15.9. The molecule has 0 amide bonds. The van der Waals surface area contributed by atoms with Gasteiger partial charge >= 0.3 is 5.97 Å². The first kappa shape index (κ1) is 14.4. The van der Waals surface area contributed by atoms with E-state index < -0.39 is 5.60 Å². The molecule has 0 N–H and O–H groups in total. The molecule has 4 heteroatoms. The van der Waals surface area contributed by atoms with Crippen LogP contribution in [0.2, 0.25) is 0 Å². The molecule has 90 valence electrons. The number of carbonyl (C=O) groups excluding carboxylic acids is 1. The van der Waals surface area contributed by atoms with Crippen LogP contribution in [0.5, 0.6) is 0 Å². The Labute approximate surface area is 91.8 Å². The zero-order valence-corrected chi connectivity index (χ0v) is 10.5. The van der Waals surface area contributed by atoms with Crippen LogP contribution in [0.15, 0.2) is 0 Å². The largest absolute Gasteiger partial charge is 0.469 e. The Kier molecular flexibility index (Phi) is 5.24. The van der Waals surface area contributed by atoms with E-state index in [1.807, 2.05) is 34.6 Å². The van der Waals surface area contributed by atoms with Crippen molar-refractivity contribution < 1.29 is 19.3 Å². The molecule has 4 nitrogen and oxygen atoms in total. The molecule has 0 saturated heterocycles. The van der Waals surface area contributed by atoms with Crippen LogP contribution < -0.4 is 0 Å². The Balaban J connectivity index is 4.25. The Morgan fingerprint density at radius 1 is 1.13 bits per heavy atom. The minimum Gasteiger partial charge on any atom is -0.469 e. The van der Waals surface area contributed by atoms with Crippen LogP contribution in [0.4, 0.5) is 0 Å². The third-order valence-corrected chi connectivity index (χ3v) is 1.99. The van der Waals surface area contributed by atoms with Gasteiger partial charge in [-0.1, -0.05) is 6.92 Å². The fourth-order valence-corrected chi connectivity index (χ4v) is 0.816. The summed E-state index contributed by atoms with van der Waals surface area (Å²) in [6, 6.07) is 0. The van der Waals surface area contributed by atoms with Crippen LogP contribution in [0.3, 0.4) is 0 Å².